The number of carbonyl (C=O) groups excluding carboxylic acids is 1. The van der Waals surface area contributed by atoms with E-state index in [-0.39, 0.29) is 11.8 Å². The van der Waals surface area contributed by atoms with Gasteiger partial charge < -0.3 is 5.32 Å². The minimum Gasteiger partial charge on any atom is -0.356 e. The Morgan fingerprint density at radius 2 is 2.00 bits per heavy atom. The highest BCUT2D eigenvalue weighted by Gasteiger charge is 2.25. The van der Waals surface area contributed by atoms with Crippen LogP contribution in [0.4, 0.5) is 0 Å². The van der Waals surface area contributed by atoms with E-state index in [1.165, 1.54) is 32.1 Å². The van der Waals surface area contributed by atoms with Crippen molar-refractivity contribution in [2.45, 2.75) is 64.7 Å². The van der Waals surface area contributed by atoms with Crippen molar-refractivity contribution in [3.63, 3.8) is 0 Å². The average Bonchev–Trinajstić information content (AvgIpc) is 2.49. The number of amides is 1. The van der Waals surface area contributed by atoms with Crippen molar-refractivity contribution in [1.82, 2.24) is 5.32 Å². The first kappa shape index (κ1) is 16.8. The smallest absolute Gasteiger partial charge is 0.223 e. The van der Waals surface area contributed by atoms with E-state index < -0.39 is 0 Å². The lowest BCUT2D eigenvalue weighted by Crippen LogP contribution is -2.33. The molecule has 5 heteroatoms. The lowest BCUT2D eigenvalue weighted by molar-refractivity contribution is -0.126. The van der Waals surface area contributed by atoms with Gasteiger partial charge in [-0.05, 0) is 50.0 Å². The Balaban J connectivity index is 2.08. The van der Waals surface area contributed by atoms with Crippen molar-refractivity contribution in [3.8, 4) is 0 Å². The van der Waals surface area contributed by atoms with Gasteiger partial charge in [0.2, 0.25) is 5.91 Å². The lowest BCUT2D eigenvalue weighted by atomic mass is 9.79. The van der Waals surface area contributed by atoms with Crippen LogP contribution in [0.25, 0.3) is 10.4 Å². The molecule has 0 aromatic carbocycles. The Kier molecular flexibility index (Phi) is 8.88. The minimum absolute atomic E-state index is 0.225. The molecular formula is C15H28N4O. The maximum absolute atomic E-state index is 12.0. The maximum Gasteiger partial charge on any atom is 0.223 e. The van der Waals surface area contributed by atoms with Crippen LogP contribution in [-0.2, 0) is 4.79 Å². The first-order valence-corrected chi connectivity index (χ1v) is 8.06. The molecular weight excluding hydrogens is 252 g/mol. The Morgan fingerprint density at radius 3 is 2.65 bits per heavy atom. The van der Waals surface area contributed by atoms with E-state index >= 15 is 0 Å². The molecule has 1 saturated carbocycles. The van der Waals surface area contributed by atoms with E-state index in [1.54, 1.807) is 0 Å². The Morgan fingerprint density at radius 1 is 1.25 bits per heavy atom. The SMILES string of the molecule is CCCCC1CCC(C(=O)NCCCCN=[N+]=[N-])CC1. The Bertz CT molecular complexity index is 318. The van der Waals surface area contributed by atoms with Gasteiger partial charge >= 0.3 is 0 Å². The van der Waals surface area contributed by atoms with Crippen LogP contribution in [0, 0.1) is 11.8 Å². The van der Waals surface area contributed by atoms with Gasteiger partial charge in [-0.3, -0.25) is 4.79 Å². The maximum atomic E-state index is 12.0. The van der Waals surface area contributed by atoms with E-state index in [2.05, 4.69) is 22.3 Å². The van der Waals surface area contributed by atoms with E-state index in [9.17, 15) is 4.79 Å². The van der Waals surface area contributed by atoms with Crippen LogP contribution in [0.2, 0.25) is 0 Å². The summed E-state index contributed by atoms with van der Waals surface area (Å²) in [5, 5.41) is 6.49. The first-order valence-electron chi connectivity index (χ1n) is 8.06. The monoisotopic (exact) mass is 280 g/mol. The fourth-order valence-electron chi connectivity index (χ4n) is 2.91. The number of nitrogens with one attached hydrogen (secondary N) is 1. The van der Waals surface area contributed by atoms with E-state index in [0.29, 0.717) is 13.1 Å². The standard InChI is InChI=1S/C15H28N4O/c1-2-3-6-13-7-9-14(10-8-13)15(20)17-11-4-5-12-18-19-16/h13-14H,2-12H2,1H3,(H,17,20). The fraction of sp³-hybridized carbons (Fsp3) is 0.933. The molecule has 1 rings (SSSR count). The zero-order valence-corrected chi connectivity index (χ0v) is 12.7. The molecule has 0 atom stereocenters. The van der Waals surface area contributed by atoms with Crippen molar-refractivity contribution in [3.05, 3.63) is 10.4 Å². The molecule has 1 aliphatic rings. The fourth-order valence-corrected chi connectivity index (χ4v) is 2.91. The highest BCUT2D eigenvalue weighted by atomic mass is 16.1. The van der Waals surface area contributed by atoms with E-state index in [1.807, 2.05) is 0 Å². The highest BCUT2D eigenvalue weighted by molar-refractivity contribution is 5.78. The number of nitrogens with zero attached hydrogens (tertiary/aromatic N) is 3. The normalized spacial score (nSPS) is 22.1. The van der Waals surface area contributed by atoms with Crippen molar-refractivity contribution >= 4 is 5.91 Å². The molecule has 0 aromatic heterocycles. The third-order valence-corrected chi connectivity index (χ3v) is 4.23. The summed E-state index contributed by atoms with van der Waals surface area (Å²) in [5.74, 6) is 1.30. The van der Waals surface area contributed by atoms with Gasteiger partial charge in [0.25, 0.3) is 0 Å². The molecule has 1 aliphatic carbocycles. The van der Waals surface area contributed by atoms with Crippen LogP contribution >= 0.6 is 0 Å². The second-order valence-electron chi connectivity index (χ2n) is 5.81. The third kappa shape index (κ3) is 6.80. The number of rotatable bonds is 9. The lowest BCUT2D eigenvalue weighted by Gasteiger charge is -2.27. The second-order valence-corrected chi connectivity index (χ2v) is 5.81. The third-order valence-electron chi connectivity index (χ3n) is 4.23. The summed E-state index contributed by atoms with van der Waals surface area (Å²) < 4.78 is 0. The van der Waals surface area contributed by atoms with Crippen LogP contribution in [0.15, 0.2) is 5.11 Å². The van der Waals surface area contributed by atoms with Crippen LogP contribution < -0.4 is 5.32 Å². The van der Waals surface area contributed by atoms with Gasteiger partial charge in [-0.25, -0.2) is 0 Å². The van der Waals surface area contributed by atoms with Gasteiger partial charge in [0.1, 0.15) is 0 Å². The molecule has 0 spiro atoms. The minimum atomic E-state index is 0.225. The number of azide groups is 1. The summed E-state index contributed by atoms with van der Waals surface area (Å²) in [6.45, 7) is 3.46. The van der Waals surface area contributed by atoms with Crippen molar-refractivity contribution in [1.29, 1.82) is 0 Å². The largest absolute Gasteiger partial charge is 0.356 e. The molecule has 20 heavy (non-hydrogen) atoms. The van der Waals surface area contributed by atoms with E-state index in [4.69, 9.17) is 5.53 Å². The summed E-state index contributed by atoms with van der Waals surface area (Å²) in [6, 6.07) is 0. The summed E-state index contributed by atoms with van der Waals surface area (Å²) in [4.78, 5) is 14.7. The Labute approximate surface area is 122 Å². The predicted molar refractivity (Wildman–Crippen MR) is 81.2 cm³/mol. The summed E-state index contributed by atoms with van der Waals surface area (Å²) in [7, 11) is 0. The van der Waals surface area contributed by atoms with Gasteiger partial charge in [-0.2, -0.15) is 0 Å². The van der Waals surface area contributed by atoms with Crippen LogP contribution in [0.3, 0.4) is 0 Å². The average molecular weight is 280 g/mol. The van der Waals surface area contributed by atoms with Crippen LogP contribution in [0.1, 0.15) is 64.7 Å². The Hall–Kier alpha value is -1.22. The van der Waals surface area contributed by atoms with E-state index in [0.717, 1.165) is 31.6 Å². The van der Waals surface area contributed by atoms with Gasteiger partial charge in [0, 0.05) is 23.9 Å². The topological polar surface area (TPSA) is 77.9 Å². The predicted octanol–water partition coefficient (Wildman–Crippen LogP) is 4.19. The number of unbranched alkanes of at least 4 members (excludes halogenated alkanes) is 2. The zero-order valence-electron chi connectivity index (χ0n) is 12.7. The molecule has 1 amide bonds. The van der Waals surface area contributed by atoms with Gasteiger partial charge in [-0.1, -0.05) is 31.3 Å². The quantitative estimate of drug-likeness (QED) is 0.292. The van der Waals surface area contributed by atoms with Crippen molar-refractivity contribution in [2.24, 2.45) is 17.0 Å². The first-order chi connectivity index (χ1) is 9.77. The van der Waals surface area contributed by atoms with Crippen LogP contribution in [-0.4, -0.2) is 19.0 Å². The molecule has 1 fully saturated rings. The zero-order chi connectivity index (χ0) is 14.6. The molecule has 0 radical (unpaired) electrons. The molecule has 1 N–H and O–H groups in total. The summed E-state index contributed by atoms with van der Waals surface area (Å²) in [6.07, 6.45) is 10.2. The van der Waals surface area contributed by atoms with Crippen LogP contribution in [0.5, 0.6) is 0 Å². The van der Waals surface area contributed by atoms with Gasteiger partial charge in [-0.15, -0.1) is 0 Å². The molecule has 5 nitrogen and oxygen atoms in total. The number of hydrogen-bond donors (Lipinski definition) is 1. The van der Waals surface area contributed by atoms with Crippen molar-refractivity contribution < 1.29 is 4.79 Å². The van der Waals surface area contributed by atoms with Gasteiger partial charge in [0.15, 0.2) is 0 Å². The number of carbonyl (C=O) groups is 1. The molecule has 0 bridgehead atoms. The second kappa shape index (κ2) is 10.6. The molecule has 0 aliphatic heterocycles. The van der Waals surface area contributed by atoms with Gasteiger partial charge in [0.05, 0.1) is 0 Å². The molecule has 0 saturated heterocycles. The summed E-state index contributed by atoms with van der Waals surface area (Å²) >= 11 is 0. The number of hydrogen-bond acceptors (Lipinski definition) is 2. The molecule has 0 unspecified atom stereocenters. The summed E-state index contributed by atoms with van der Waals surface area (Å²) in [5.41, 5.74) is 8.15. The molecule has 114 valence electrons. The van der Waals surface area contributed by atoms with Crippen molar-refractivity contribution in [2.75, 3.05) is 13.1 Å². The highest BCUT2D eigenvalue weighted by Crippen LogP contribution is 2.31. The molecule has 0 heterocycles. The molecule has 0 aromatic rings.